The molecule has 0 unspecified atom stereocenters. The Morgan fingerprint density at radius 1 is 0.700 bits per heavy atom. The van der Waals surface area contributed by atoms with Gasteiger partial charge in [0.2, 0.25) is 0 Å². The minimum absolute atomic E-state index is 1.21. The Morgan fingerprint density at radius 3 is 1.85 bits per heavy atom. The van der Waals surface area contributed by atoms with Crippen molar-refractivity contribution in [2.45, 2.75) is 77.6 Å². The minimum atomic E-state index is 1.21. The summed E-state index contributed by atoms with van der Waals surface area (Å²) in [4.78, 5) is 0. The van der Waals surface area contributed by atoms with Gasteiger partial charge in [-0.05, 0) is 18.9 Å². The van der Waals surface area contributed by atoms with Crippen molar-refractivity contribution in [2.75, 3.05) is 0 Å². The van der Waals surface area contributed by atoms with E-state index >= 15 is 0 Å². The van der Waals surface area contributed by atoms with E-state index < -0.39 is 0 Å². The first-order chi connectivity index (χ1) is 9.93. The summed E-state index contributed by atoms with van der Waals surface area (Å²) in [6.07, 6.45) is 23.9. The highest BCUT2D eigenvalue weighted by molar-refractivity contribution is 5.06. The van der Waals surface area contributed by atoms with Gasteiger partial charge in [-0.1, -0.05) is 70.8 Å². The van der Waals surface area contributed by atoms with E-state index in [4.69, 9.17) is 0 Å². The van der Waals surface area contributed by atoms with Crippen LogP contribution in [0.2, 0.25) is 0 Å². The second kappa shape index (κ2) is 12.9. The molecule has 112 valence electrons. The Bertz CT molecular complexity index is 329. The Hall–Kier alpha value is -1.11. The van der Waals surface area contributed by atoms with E-state index in [9.17, 15) is 0 Å². The zero-order valence-electron chi connectivity index (χ0n) is 13.3. The summed E-state index contributed by atoms with van der Waals surface area (Å²) >= 11 is 0. The van der Waals surface area contributed by atoms with E-state index in [0.717, 1.165) is 0 Å². The Morgan fingerprint density at radius 2 is 1.25 bits per heavy atom. The van der Waals surface area contributed by atoms with Crippen LogP contribution in [0.3, 0.4) is 0 Å². The summed E-state index contributed by atoms with van der Waals surface area (Å²) in [5.74, 6) is 0. The van der Waals surface area contributed by atoms with Crippen LogP contribution in [0.4, 0.5) is 0 Å². The lowest BCUT2D eigenvalue weighted by molar-refractivity contribution is -0.568. The summed E-state index contributed by atoms with van der Waals surface area (Å²) < 4.78 is 2.11. The predicted molar refractivity (Wildman–Crippen MR) is 88.4 cm³/mol. The van der Waals surface area contributed by atoms with Gasteiger partial charge in [0.1, 0.15) is 0 Å². The third kappa shape index (κ3) is 9.77. The molecule has 0 fully saturated rings. The molecule has 0 amide bonds. The highest BCUT2D eigenvalue weighted by Crippen LogP contribution is 2.11. The van der Waals surface area contributed by atoms with Crippen molar-refractivity contribution in [2.24, 2.45) is 0 Å². The van der Waals surface area contributed by atoms with E-state index in [2.05, 4.69) is 48.3 Å². The van der Waals surface area contributed by atoms with Crippen LogP contribution in [-0.2, 0) is 0 Å². The summed E-state index contributed by atoms with van der Waals surface area (Å²) in [5.41, 5.74) is 0. The van der Waals surface area contributed by atoms with Crippen LogP contribution in [0.1, 0.15) is 77.6 Å². The highest BCUT2D eigenvalue weighted by Gasteiger charge is 1.93. The summed E-state index contributed by atoms with van der Waals surface area (Å²) in [5, 5.41) is 0. The van der Waals surface area contributed by atoms with Gasteiger partial charge in [0.15, 0.2) is 18.6 Å². The molecule has 1 rings (SSSR count). The third-order valence-electron chi connectivity index (χ3n) is 3.74. The number of unbranched alkanes of at least 4 members (excludes halogenated alkanes) is 10. The minimum Gasteiger partial charge on any atom is -0.174 e. The third-order valence-corrected chi connectivity index (χ3v) is 3.74. The Kier molecular flexibility index (Phi) is 10.9. The zero-order chi connectivity index (χ0) is 14.3. The van der Waals surface area contributed by atoms with Gasteiger partial charge >= 0.3 is 0 Å². The quantitative estimate of drug-likeness (QED) is 0.337. The first-order valence-electron chi connectivity index (χ1n) is 8.56. The molecule has 0 aliphatic carbocycles. The smallest absolute Gasteiger partial charge is 0.174 e. The fourth-order valence-corrected chi connectivity index (χ4v) is 2.46. The molecule has 0 bridgehead atoms. The monoisotopic (exact) mass is 274 g/mol. The summed E-state index contributed by atoms with van der Waals surface area (Å²) in [6.45, 7) is 2.28. The van der Waals surface area contributed by atoms with Gasteiger partial charge in [0.05, 0.1) is 0 Å². The van der Waals surface area contributed by atoms with Crippen LogP contribution in [0.25, 0.3) is 6.20 Å². The molecule has 0 radical (unpaired) electrons. The second-order valence-electron chi connectivity index (χ2n) is 5.68. The first-order valence-corrected chi connectivity index (χ1v) is 8.56. The van der Waals surface area contributed by atoms with Crippen molar-refractivity contribution in [3.8, 4) is 0 Å². The number of hydrogen-bond acceptors (Lipinski definition) is 0. The molecule has 1 heterocycles. The van der Waals surface area contributed by atoms with Crippen molar-refractivity contribution in [3.63, 3.8) is 0 Å². The highest BCUT2D eigenvalue weighted by atomic mass is 14.9. The van der Waals surface area contributed by atoms with Gasteiger partial charge in [-0.15, -0.1) is 0 Å². The van der Waals surface area contributed by atoms with Crippen LogP contribution in [-0.4, -0.2) is 0 Å². The van der Waals surface area contributed by atoms with Crippen LogP contribution in [0, 0.1) is 0 Å². The molecule has 0 saturated carbocycles. The average molecular weight is 274 g/mol. The standard InChI is InChI=1S/C19H32N/c1-2-3-4-5-6-7-8-9-10-11-12-14-17-20-18-15-13-16-19-20/h13-19H,2-12H2,1H3/q+1. The molecule has 1 aromatic rings. The molecular formula is C19H32N+. The van der Waals surface area contributed by atoms with E-state index in [1.165, 1.54) is 70.6 Å². The maximum absolute atomic E-state index is 2.28. The Labute approximate surface area is 125 Å². The number of pyridine rings is 1. The van der Waals surface area contributed by atoms with E-state index in [1.54, 1.807) is 0 Å². The molecule has 0 N–H and O–H groups in total. The normalized spacial score (nSPS) is 11.2. The van der Waals surface area contributed by atoms with Crippen molar-refractivity contribution in [3.05, 3.63) is 36.7 Å². The number of allylic oxidation sites excluding steroid dienone is 1. The molecular weight excluding hydrogens is 242 g/mol. The molecule has 0 aliphatic heterocycles. The molecule has 1 aromatic heterocycles. The van der Waals surface area contributed by atoms with E-state index in [1.807, 2.05) is 6.07 Å². The van der Waals surface area contributed by atoms with Gasteiger partial charge in [-0.3, -0.25) is 0 Å². The Balaban J connectivity index is 1.84. The fraction of sp³-hybridized carbons (Fsp3) is 0.632. The maximum atomic E-state index is 2.28. The number of hydrogen-bond donors (Lipinski definition) is 0. The SMILES string of the molecule is CCCCCCCCCCCCC=C[n+]1ccccc1. The largest absolute Gasteiger partial charge is 0.174 e. The van der Waals surface area contributed by atoms with Crippen LogP contribution in [0.15, 0.2) is 36.7 Å². The maximum Gasteiger partial charge on any atom is 0.174 e. The van der Waals surface area contributed by atoms with Crippen LogP contribution in [0.5, 0.6) is 0 Å². The molecule has 1 nitrogen and oxygen atoms in total. The van der Waals surface area contributed by atoms with Crippen LogP contribution >= 0.6 is 0 Å². The number of rotatable bonds is 12. The van der Waals surface area contributed by atoms with Gasteiger partial charge in [-0.25, -0.2) is 0 Å². The molecule has 0 saturated heterocycles. The van der Waals surface area contributed by atoms with Gasteiger partial charge in [0, 0.05) is 12.1 Å². The lowest BCUT2D eigenvalue weighted by atomic mass is 10.1. The predicted octanol–water partition coefficient (Wildman–Crippen LogP) is 5.76. The van der Waals surface area contributed by atoms with Crippen molar-refractivity contribution in [1.82, 2.24) is 0 Å². The molecule has 20 heavy (non-hydrogen) atoms. The fourth-order valence-electron chi connectivity index (χ4n) is 2.46. The van der Waals surface area contributed by atoms with Gasteiger partial charge < -0.3 is 0 Å². The van der Waals surface area contributed by atoms with Gasteiger partial charge in [-0.2, -0.15) is 4.57 Å². The van der Waals surface area contributed by atoms with Gasteiger partial charge in [0.25, 0.3) is 0 Å². The number of aromatic nitrogens is 1. The lowest BCUT2D eigenvalue weighted by Crippen LogP contribution is -2.23. The number of nitrogens with zero attached hydrogens (tertiary/aromatic N) is 1. The summed E-state index contributed by atoms with van der Waals surface area (Å²) in [6, 6.07) is 6.17. The average Bonchev–Trinajstić information content (AvgIpc) is 2.49. The second-order valence-corrected chi connectivity index (χ2v) is 5.68. The first kappa shape index (κ1) is 16.9. The lowest BCUT2D eigenvalue weighted by Gasteiger charge is -2.01. The molecule has 0 atom stereocenters. The van der Waals surface area contributed by atoms with E-state index in [0.29, 0.717) is 0 Å². The molecule has 0 aromatic carbocycles. The van der Waals surface area contributed by atoms with Crippen LogP contribution < -0.4 is 4.57 Å². The van der Waals surface area contributed by atoms with Crippen molar-refractivity contribution in [1.29, 1.82) is 0 Å². The molecule has 0 aliphatic rings. The summed E-state index contributed by atoms with van der Waals surface area (Å²) in [7, 11) is 0. The topological polar surface area (TPSA) is 3.88 Å². The van der Waals surface area contributed by atoms with E-state index in [-0.39, 0.29) is 0 Å². The molecule has 0 spiro atoms. The van der Waals surface area contributed by atoms with Crippen molar-refractivity contribution >= 4 is 6.20 Å². The molecule has 1 heteroatoms. The zero-order valence-corrected chi connectivity index (χ0v) is 13.3. The van der Waals surface area contributed by atoms with Crippen molar-refractivity contribution < 1.29 is 4.57 Å².